The van der Waals surface area contributed by atoms with Crippen LogP contribution in [-0.4, -0.2) is 64.4 Å². The molecule has 5 rings (SSSR count). The van der Waals surface area contributed by atoms with Crippen molar-refractivity contribution in [3.05, 3.63) is 36.5 Å². The molecule has 0 N–H and O–H groups in total. The smallest absolute Gasteiger partial charge is 0.203 e. The maximum absolute atomic E-state index is 12.1. The first kappa shape index (κ1) is 16.4. The Kier molecular flexibility index (Phi) is 3.42. The summed E-state index contributed by atoms with van der Waals surface area (Å²) in [6.07, 6.45) is 7.45. The van der Waals surface area contributed by atoms with Crippen LogP contribution in [0.4, 0.5) is 11.6 Å². The third-order valence-electron chi connectivity index (χ3n) is 5.41. The Balaban J connectivity index is 1.48. The average molecular weight is 385 g/mol. The van der Waals surface area contributed by atoms with E-state index in [1.165, 1.54) is 6.26 Å². The summed E-state index contributed by atoms with van der Waals surface area (Å²) in [6, 6.07) is 3.72. The molecule has 0 saturated carbocycles. The van der Waals surface area contributed by atoms with Crippen molar-refractivity contribution < 1.29 is 8.42 Å². The van der Waals surface area contributed by atoms with E-state index in [2.05, 4.69) is 30.0 Å². The van der Waals surface area contributed by atoms with Crippen LogP contribution in [0, 0.1) is 6.92 Å². The number of rotatable bonds is 3. The third-order valence-corrected chi connectivity index (χ3v) is 6.53. The van der Waals surface area contributed by atoms with Crippen LogP contribution in [0.5, 0.6) is 0 Å². The molecule has 9 nitrogen and oxygen atoms in total. The number of aromatic nitrogens is 5. The summed E-state index contributed by atoms with van der Waals surface area (Å²) in [5, 5.41) is 8.42. The fourth-order valence-corrected chi connectivity index (χ4v) is 5.03. The van der Waals surface area contributed by atoms with Gasteiger partial charge in [-0.05, 0) is 25.5 Å². The van der Waals surface area contributed by atoms with Crippen LogP contribution < -0.4 is 9.80 Å². The van der Waals surface area contributed by atoms with Gasteiger partial charge in [0.05, 0.1) is 12.1 Å². The van der Waals surface area contributed by atoms with Crippen molar-refractivity contribution in [2.24, 2.45) is 0 Å². The Morgan fingerprint density at radius 1 is 1.04 bits per heavy atom. The minimum atomic E-state index is -3.33. The van der Waals surface area contributed by atoms with Crippen LogP contribution in [0.2, 0.25) is 0 Å². The number of nitrogens with zero attached hydrogens (tertiary/aromatic N) is 7. The zero-order chi connectivity index (χ0) is 18.8. The van der Waals surface area contributed by atoms with Gasteiger partial charge in [0.25, 0.3) is 0 Å². The third kappa shape index (κ3) is 2.47. The molecule has 0 spiro atoms. The number of piperazine rings is 1. The van der Waals surface area contributed by atoms with Gasteiger partial charge in [0.15, 0.2) is 15.7 Å². The zero-order valence-corrected chi connectivity index (χ0v) is 15.8. The summed E-state index contributed by atoms with van der Waals surface area (Å²) in [7, 11) is -3.33. The van der Waals surface area contributed by atoms with E-state index in [1.807, 2.05) is 17.5 Å². The Morgan fingerprint density at radius 2 is 1.74 bits per heavy atom. The van der Waals surface area contributed by atoms with Crippen molar-refractivity contribution in [1.29, 1.82) is 0 Å². The molecule has 2 atom stereocenters. The maximum Gasteiger partial charge on any atom is 0.203 e. The lowest BCUT2D eigenvalue weighted by Gasteiger charge is -2.36. The van der Waals surface area contributed by atoms with Gasteiger partial charge in [-0.2, -0.15) is 0 Å². The fourth-order valence-electron chi connectivity index (χ4n) is 4.20. The van der Waals surface area contributed by atoms with Crippen molar-refractivity contribution in [2.45, 2.75) is 30.3 Å². The van der Waals surface area contributed by atoms with Gasteiger partial charge in [0.1, 0.15) is 16.5 Å². The van der Waals surface area contributed by atoms with Gasteiger partial charge < -0.3 is 9.80 Å². The number of aryl methyl sites for hydroxylation is 1. The van der Waals surface area contributed by atoms with Crippen molar-refractivity contribution in [3.8, 4) is 0 Å². The Labute approximate surface area is 156 Å². The molecule has 0 aliphatic carbocycles. The number of sulfone groups is 1. The summed E-state index contributed by atoms with van der Waals surface area (Å²) >= 11 is 0. The highest BCUT2D eigenvalue weighted by molar-refractivity contribution is 7.90. The molecule has 27 heavy (non-hydrogen) atoms. The number of anilines is 2. The van der Waals surface area contributed by atoms with Gasteiger partial charge in [-0.1, -0.05) is 0 Å². The molecule has 0 aromatic carbocycles. The summed E-state index contributed by atoms with van der Waals surface area (Å²) in [6.45, 7) is 3.37. The van der Waals surface area contributed by atoms with Gasteiger partial charge in [0, 0.05) is 37.9 Å². The van der Waals surface area contributed by atoms with Crippen molar-refractivity contribution in [2.75, 3.05) is 29.1 Å². The molecule has 10 heteroatoms. The second-order valence-electron chi connectivity index (χ2n) is 7.14. The van der Waals surface area contributed by atoms with Crippen LogP contribution in [0.1, 0.15) is 12.2 Å². The number of hydrogen-bond donors (Lipinski definition) is 0. The van der Waals surface area contributed by atoms with E-state index in [1.54, 1.807) is 24.5 Å². The topological polar surface area (TPSA) is 96.6 Å². The molecule has 2 fully saturated rings. The minimum absolute atomic E-state index is 0.191. The summed E-state index contributed by atoms with van der Waals surface area (Å²) in [5.41, 5.74) is 0.753. The fraction of sp³-hybridized carbons (Fsp3) is 0.412. The first-order valence-corrected chi connectivity index (χ1v) is 10.7. The summed E-state index contributed by atoms with van der Waals surface area (Å²) < 4.78 is 26.2. The average Bonchev–Trinajstić information content (AvgIpc) is 3.35. The SMILES string of the molecule is Cc1nnc2c(N3CC4CC3CN4c3ncccc3S(C)(=O)=O)nccn12. The second kappa shape index (κ2) is 5.62. The molecular formula is C17H19N7O2S. The molecule has 140 valence electrons. The highest BCUT2D eigenvalue weighted by Crippen LogP contribution is 2.38. The molecule has 0 radical (unpaired) electrons. The Morgan fingerprint density at radius 3 is 2.44 bits per heavy atom. The largest absolute Gasteiger partial charge is 0.349 e. The van der Waals surface area contributed by atoms with Gasteiger partial charge in [0.2, 0.25) is 5.65 Å². The van der Waals surface area contributed by atoms with E-state index >= 15 is 0 Å². The van der Waals surface area contributed by atoms with Crippen LogP contribution in [-0.2, 0) is 9.84 Å². The number of pyridine rings is 1. The molecule has 5 heterocycles. The standard InChI is InChI=1S/C17H19N7O2S/c1-11-20-21-17-16(19-6-7-22(11)17)24-10-12-8-13(24)9-23(12)15-14(27(2,25)26)4-3-5-18-15/h3-7,12-13H,8-10H2,1-2H3. The molecule has 2 aliphatic heterocycles. The van der Waals surface area contributed by atoms with Gasteiger partial charge in [-0.25, -0.2) is 18.4 Å². The van der Waals surface area contributed by atoms with E-state index in [9.17, 15) is 8.42 Å². The van der Waals surface area contributed by atoms with E-state index in [0.717, 1.165) is 30.3 Å². The van der Waals surface area contributed by atoms with Crippen LogP contribution in [0.3, 0.4) is 0 Å². The van der Waals surface area contributed by atoms with Crippen LogP contribution >= 0.6 is 0 Å². The molecule has 3 aromatic rings. The highest BCUT2D eigenvalue weighted by Gasteiger charge is 2.46. The van der Waals surface area contributed by atoms with Crippen molar-refractivity contribution in [3.63, 3.8) is 0 Å². The van der Waals surface area contributed by atoms with E-state index in [0.29, 0.717) is 12.4 Å². The molecule has 2 saturated heterocycles. The predicted molar refractivity (Wildman–Crippen MR) is 99.8 cm³/mol. The van der Waals surface area contributed by atoms with E-state index in [4.69, 9.17) is 0 Å². The number of fused-ring (bicyclic) bond motifs is 3. The van der Waals surface area contributed by atoms with Gasteiger partial charge >= 0.3 is 0 Å². The van der Waals surface area contributed by atoms with E-state index < -0.39 is 9.84 Å². The molecule has 2 aliphatic rings. The first-order chi connectivity index (χ1) is 12.9. The molecule has 2 bridgehead atoms. The molecule has 2 unspecified atom stereocenters. The Hall–Kier alpha value is -2.75. The highest BCUT2D eigenvalue weighted by atomic mass is 32.2. The summed E-state index contributed by atoms with van der Waals surface area (Å²) in [4.78, 5) is 13.6. The lowest BCUT2D eigenvalue weighted by molar-refractivity contribution is 0.597. The zero-order valence-electron chi connectivity index (χ0n) is 15.0. The quantitative estimate of drug-likeness (QED) is 0.650. The van der Waals surface area contributed by atoms with Crippen molar-refractivity contribution >= 4 is 27.1 Å². The lowest BCUT2D eigenvalue weighted by atomic mass is 10.2. The monoisotopic (exact) mass is 385 g/mol. The maximum atomic E-state index is 12.1. The van der Waals surface area contributed by atoms with E-state index in [-0.39, 0.29) is 17.0 Å². The minimum Gasteiger partial charge on any atom is -0.349 e. The van der Waals surface area contributed by atoms with Gasteiger partial charge in [-0.3, -0.25) is 4.40 Å². The lowest BCUT2D eigenvalue weighted by Crippen LogP contribution is -2.47. The molecule has 0 amide bonds. The van der Waals surface area contributed by atoms with Gasteiger partial charge in [-0.15, -0.1) is 10.2 Å². The molecular weight excluding hydrogens is 366 g/mol. The normalized spacial score (nSPS) is 22.1. The Bertz CT molecular complexity index is 1140. The molecule has 3 aromatic heterocycles. The second-order valence-corrected chi connectivity index (χ2v) is 9.12. The van der Waals surface area contributed by atoms with Crippen LogP contribution in [0.25, 0.3) is 5.65 Å². The van der Waals surface area contributed by atoms with Crippen molar-refractivity contribution in [1.82, 2.24) is 24.6 Å². The van der Waals surface area contributed by atoms with Crippen LogP contribution in [0.15, 0.2) is 35.6 Å². The first-order valence-electron chi connectivity index (χ1n) is 8.78. The predicted octanol–water partition coefficient (Wildman–Crippen LogP) is 0.699. The summed E-state index contributed by atoms with van der Waals surface area (Å²) in [5.74, 6) is 2.21. The number of hydrogen-bond acceptors (Lipinski definition) is 8.